The number of hydrogen-bond donors (Lipinski definition) is 1. The second-order valence-electron chi connectivity index (χ2n) is 7.71. The number of hydrogen-bond acceptors (Lipinski definition) is 5. The summed E-state index contributed by atoms with van der Waals surface area (Å²) in [6.45, 7) is 0. The van der Waals surface area contributed by atoms with Crippen LogP contribution in [0.1, 0.15) is 21.5 Å². The number of carbonyl (C=O) groups is 4. The van der Waals surface area contributed by atoms with Gasteiger partial charge >= 0.3 is 18.2 Å². The molecule has 38 heavy (non-hydrogen) atoms. The summed E-state index contributed by atoms with van der Waals surface area (Å²) in [6, 6.07) is 11.7. The monoisotopic (exact) mass is 714 g/mol. The van der Waals surface area contributed by atoms with Crippen molar-refractivity contribution in [2.45, 2.75) is 6.18 Å². The van der Waals surface area contributed by atoms with E-state index in [1.807, 2.05) is 5.32 Å². The van der Waals surface area contributed by atoms with Crippen LogP contribution in [0.25, 0.3) is 6.08 Å². The Bertz CT molecular complexity index is 1520. The van der Waals surface area contributed by atoms with Crippen LogP contribution in [0, 0.1) is 0 Å². The van der Waals surface area contributed by atoms with Crippen LogP contribution in [0.15, 0.2) is 79.7 Å². The van der Waals surface area contributed by atoms with Crippen LogP contribution >= 0.6 is 47.8 Å². The van der Waals surface area contributed by atoms with Crippen molar-refractivity contribution in [2.75, 3.05) is 4.90 Å². The fourth-order valence-corrected chi connectivity index (χ4v) is 5.01. The Kier molecular flexibility index (Phi) is 7.90. The number of amides is 4. The van der Waals surface area contributed by atoms with E-state index in [9.17, 15) is 32.3 Å². The summed E-state index contributed by atoms with van der Waals surface area (Å²) < 4.78 is 46.7. The van der Waals surface area contributed by atoms with Crippen LogP contribution in [0.4, 0.5) is 23.7 Å². The number of imide groups is 2. The van der Waals surface area contributed by atoms with Crippen LogP contribution in [0.3, 0.4) is 0 Å². The van der Waals surface area contributed by atoms with Crippen molar-refractivity contribution < 1.29 is 37.1 Å². The Morgan fingerprint density at radius 1 is 0.921 bits per heavy atom. The molecule has 1 saturated heterocycles. The van der Waals surface area contributed by atoms with Gasteiger partial charge in [0.15, 0.2) is 5.75 Å². The molecule has 0 atom stereocenters. The van der Waals surface area contributed by atoms with Crippen molar-refractivity contribution in [1.82, 2.24) is 5.32 Å². The van der Waals surface area contributed by atoms with E-state index in [-0.39, 0.29) is 16.9 Å². The first-order valence-corrected chi connectivity index (χ1v) is 12.8. The van der Waals surface area contributed by atoms with Gasteiger partial charge in [-0.1, -0.05) is 37.9 Å². The minimum atomic E-state index is -4.73. The minimum Gasteiger partial charge on any atom is -0.421 e. The summed E-state index contributed by atoms with van der Waals surface area (Å²) in [4.78, 5) is 51.5. The number of urea groups is 1. The maximum absolute atomic E-state index is 13.2. The van der Waals surface area contributed by atoms with Crippen molar-refractivity contribution in [1.29, 1.82) is 0 Å². The molecule has 0 radical (unpaired) electrons. The minimum absolute atomic E-state index is 0.0447. The van der Waals surface area contributed by atoms with Gasteiger partial charge in [0.05, 0.1) is 21.3 Å². The van der Waals surface area contributed by atoms with Crippen LogP contribution in [-0.4, -0.2) is 23.8 Å². The van der Waals surface area contributed by atoms with Crippen molar-refractivity contribution >= 4 is 83.4 Å². The molecule has 1 aliphatic heterocycles. The van der Waals surface area contributed by atoms with E-state index in [2.05, 4.69) is 47.8 Å². The van der Waals surface area contributed by atoms with Crippen LogP contribution < -0.4 is 15.0 Å². The van der Waals surface area contributed by atoms with Gasteiger partial charge in [0, 0.05) is 14.5 Å². The Balaban J connectivity index is 1.75. The molecule has 194 valence electrons. The lowest BCUT2D eigenvalue weighted by Crippen LogP contribution is -2.54. The zero-order valence-electron chi connectivity index (χ0n) is 18.6. The summed E-state index contributed by atoms with van der Waals surface area (Å²) >= 11 is 9.85. The lowest BCUT2D eigenvalue weighted by Gasteiger charge is -2.27. The van der Waals surface area contributed by atoms with E-state index >= 15 is 0 Å². The van der Waals surface area contributed by atoms with Crippen molar-refractivity contribution in [3.05, 3.63) is 96.3 Å². The van der Waals surface area contributed by atoms with Gasteiger partial charge < -0.3 is 4.74 Å². The first-order chi connectivity index (χ1) is 17.8. The van der Waals surface area contributed by atoms with Crippen molar-refractivity contribution in [3.63, 3.8) is 0 Å². The Morgan fingerprint density at radius 3 is 2.26 bits per heavy atom. The highest BCUT2D eigenvalue weighted by Gasteiger charge is 2.38. The fraction of sp³-hybridized carbons (Fsp3) is 0.0400. The molecule has 7 nitrogen and oxygen atoms in total. The number of barbiturate groups is 1. The van der Waals surface area contributed by atoms with Gasteiger partial charge in [0.25, 0.3) is 11.8 Å². The topological polar surface area (TPSA) is 92.8 Å². The molecule has 3 aromatic carbocycles. The molecule has 3 aromatic rings. The molecule has 0 saturated carbocycles. The molecule has 4 rings (SSSR count). The number of nitrogens with one attached hydrogen (secondary N) is 1. The molecule has 0 aliphatic carbocycles. The molecule has 1 fully saturated rings. The molecule has 4 amide bonds. The highest BCUT2D eigenvalue weighted by atomic mass is 79.9. The predicted octanol–water partition coefficient (Wildman–Crippen LogP) is 6.88. The average Bonchev–Trinajstić information content (AvgIpc) is 2.83. The zero-order valence-corrected chi connectivity index (χ0v) is 23.4. The Morgan fingerprint density at radius 2 is 1.61 bits per heavy atom. The molecule has 1 N–H and O–H groups in total. The predicted molar refractivity (Wildman–Crippen MR) is 141 cm³/mol. The van der Waals surface area contributed by atoms with Gasteiger partial charge in [-0.3, -0.25) is 14.9 Å². The molecule has 0 unspecified atom stereocenters. The quantitative estimate of drug-likeness (QED) is 0.138. The van der Waals surface area contributed by atoms with Gasteiger partial charge in [-0.15, -0.1) is 0 Å². The number of rotatable bonds is 4. The van der Waals surface area contributed by atoms with E-state index < -0.39 is 46.8 Å². The number of nitrogens with zero attached hydrogens (tertiary/aromatic N) is 1. The fourth-order valence-electron chi connectivity index (χ4n) is 3.40. The highest BCUT2D eigenvalue weighted by molar-refractivity contribution is 9.11. The highest BCUT2D eigenvalue weighted by Crippen LogP contribution is 2.36. The summed E-state index contributed by atoms with van der Waals surface area (Å²) in [5, 5.41) is 1.95. The van der Waals surface area contributed by atoms with Gasteiger partial charge in [-0.25, -0.2) is 14.5 Å². The van der Waals surface area contributed by atoms with Crippen LogP contribution in [-0.2, 0) is 15.8 Å². The lowest BCUT2D eigenvalue weighted by molar-refractivity contribution is -0.137. The summed E-state index contributed by atoms with van der Waals surface area (Å²) in [6.07, 6.45) is -3.65. The van der Waals surface area contributed by atoms with E-state index in [0.29, 0.717) is 19.9 Å². The number of ether oxygens (including phenoxy) is 1. The summed E-state index contributed by atoms with van der Waals surface area (Å²) in [5.41, 5.74) is -1.75. The maximum Gasteiger partial charge on any atom is 0.416 e. The molecule has 1 aliphatic rings. The Hall–Kier alpha value is -3.29. The summed E-state index contributed by atoms with van der Waals surface area (Å²) in [7, 11) is 0. The van der Waals surface area contributed by atoms with Crippen LogP contribution in [0.2, 0.25) is 0 Å². The maximum atomic E-state index is 13.2. The number of benzene rings is 3. The SMILES string of the molecule is O=C1NC(=O)N(c2cccc(C(F)(F)F)c2)C(=O)/C1=C\c1cc(Br)cc(Br)c1OC(=O)c1ccc(Br)cc1. The molecule has 1 heterocycles. The van der Waals surface area contributed by atoms with Gasteiger partial charge in [-0.05, 0) is 76.6 Å². The molecular weight excluding hydrogens is 705 g/mol. The standard InChI is InChI=1S/C25H12Br3F3N2O5/c26-15-6-4-12(5-7-15)23(36)38-20-13(8-16(27)11-19(20)28)9-18-21(34)32-24(37)33(22(18)35)17-3-1-2-14(10-17)25(29,30)31/h1-11H,(H,32,34,37)/b18-9-. The van der Waals surface area contributed by atoms with E-state index in [0.717, 1.165) is 28.7 Å². The average molecular weight is 717 g/mol. The molecule has 0 aromatic heterocycles. The van der Waals surface area contributed by atoms with E-state index in [4.69, 9.17) is 4.74 Å². The second kappa shape index (κ2) is 10.8. The largest absolute Gasteiger partial charge is 0.421 e. The van der Waals surface area contributed by atoms with Gasteiger partial charge in [0.2, 0.25) is 0 Å². The lowest BCUT2D eigenvalue weighted by atomic mass is 10.1. The first kappa shape index (κ1) is 27.7. The van der Waals surface area contributed by atoms with E-state index in [1.165, 1.54) is 18.2 Å². The third-order valence-electron chi connectivity index (χ3n) is 5.14. The second-order valence-corrected chi connectivity index (χ2v) is 10.4. The summed E-state index contributed by atoms with van der Waals surface area (Å²) in [5.74, 6) is -3.03. The zero-order chi connectivity index (χ0) is 27.8. The first-order valence-electron chi connectivity index (χ1n) is 10.4. The Labute approximate surface area is 238 Å². The number of alkyl halides is 3. The molecule has 0 spiro atoms. The number of carbonyl (C=O) groups excluding carboxylic acids is 4. The van der Waals surface area contributed by atoms with Crippen molar-refractivity contribution in [3.8, 4) is 5.75 Å². The third kappa shape index (κ3) is 5.89. The van der Waals surface area contributed by atoms with Crippen LogP contribution in [0.5, 0.6) is 5.75 Å². The van der Waals surface area contributed by atoms with E-state index in [1.54, 1.807) is 18.2 Å². The smallest absolute Gasteiger partial charge is 0.416 e. The molecule has 13 heteroatoms. The van der Waals surface area contributed by atoms with Gasteiger partial charge in [0.1, 0.15) is 5.57 Å². The number of anilines is 1. The third-order valence-corrected chi connectivity index (χ3v) is 6.72. The molecular formula is C25H12Br3F3N2O5. The van der Waals surface area contributed by atoms with Crippen molar-refractivity contribution in [2.24, 2.45) is 0 Å². The number of esters is 1. The molecule has 0 bridgehead atoms. The number of halogens is 6. The normalized spacial score (nSPS) is 15.1. The van der Waals surface area contributed by atoms with Gasteiger partial charge in [-0.2, -0.15) is 13.2 Å².